The van der Waals surface area contributed by atoms with Crippen molar-refractivity contribution < 1.29 is 14.0 Å². The molecule has 13 heteroatoms. The highest BCUT2D eigenvalue weighted by Gasteiger charge is 2.26. The molecule has 0 saturated heterocycles. The van der Waals surface area contributed by atoms with Crippen LogP contribution in [0.2, 0.25) is 10.0 Å². The van der Waals surface area contributed by atoms with Gasteiger partial charge in [-0.15, -0.1) is 0 Å². The van der Waals surface area contributed by atoms with Crippen molar-refractivity contribution in [3.05, 3.63) is 63.5 Å². The molecule has 0 bridgehead atoms. The molecule has 0 saturated carbocycles. The van der Waals surface area contributed by atoms with Crippen molar-refractivity contribution in [2.45, 2.75) is 26.2 Å². The van der Waals surface area contributed by atoms with Gasteiger partial charge < -0.3 is 16.0 Å². The number of nitriles is 1. The topological polar surface area (TPSA) is 133 Å². The average molecular weight is 558 g/mol. The molecule has 0 radical (unpaired) electrons. The predicted octanol–water partition coefficient (Wildman–Crippen LogP) is 6.29. The molecular weight excluding hydrogens is 540 g/mol. The van der Waals surface area contributed by atoms with E-state index in [0.717, 1.165) is 17.4 Å². The van der Waals surface area contributed by atoms with Crippen molar-refractivity contribution in [3.63, 3.8) is 0 Å². The Labute approximate surface area is 224 Å². The van der Waals surface area contributed by atoms with E-state index in [4.69, 9.17) is 23.2 Å². The number of carbonyl (C=O) groups is 2. The highest BCUT2D eigenvalue weighted by molar-refractivity contribution is 7.21. The quantitative estimate of drug-likeness (QED) is 0.253. The zero-order valence-corrected chi connectivity index (χ0v) is 21.9. The fourth-order valence-electron chi connectivity index (χ4n) is 3.30. The van der Waals surface area contributed by atoms with Gasteiger partial charge in [0.25, 0.3) is 5.91 Å². The summed E-state index contributed by atoms with van der Waals surface area (Å²) in [5.74, 6) is -1.56. The Morgan fingerprint density at radius 2 is 1.89 bits per heavy atom. The first kappa shape index (κ1) is 26.2. The van der Waals surface area contributed by atoms with Crippen molar-refractivity contribution in [1.82, 2.24) is 15.0 Å². The molecule has 188 valence electrons. The fourth-order valence-corrected chi connectivity index (χ4v) is 4.80. The van der Waals surface area contributed by atoms with Gasteiger partial charge in [-0.25, -0.2) is 14.4 Å². The van der Waals surface area contributed by atoms with Crippen LogP contribution < -0.4 is 16.0 Å². The molecular formula is C24H18Cl2FN7O2S. The third-order valence-corrected chi connectivity index (χ3v) is 6.78. The minimum absolute atomic E-state index is 0.0261. The second-order valence-corrected chi connectivity index (χ2v) is 10.1. The number of nitrogens with one attached hydrogen (secondary N) is 3. The Balaban J connectivity index is 1.60. The van der Waals surface area contributed by atoms with Crippen LogP contribution >= 0.6 is 34.5 Å². The SMILES string of the molecule is CC(=O)Nc1nc2cnc(Nc3cc(NC(=O)c4cccc(C(C)(C)C#N)c4Cl)c(F)cc3Cl)nc2s1. The summed E-state index contributed by atoms with van der Waals surface area (Å²) in [6, 6.07) is 9.23. The van der Waals surface area contributed by atoms with Crippen LogP contribution in [0, 0.1) is 17.1 Å². The minimum Gasteiger partial charge on any atom is -0.323 e. The van der Waals surface area contributed by atoms with E-state index in [1.54, 1.807) is 26.0 Å². The van der Waals surface area contributed by atoms with E-state index in [-0.39, 0.29) is 38.8 Å². The molecule has 9 nitrogen and oxygen atoms in total. The van der Waals surface area contributed by atoms with Gasteiger partial charge in [0.2, 0.25) is 11.9 Å². The van der Waals surface area contributed by atoms with Crippen molar-refractivity contribution in [1.29, 1.82) is 5.26 Å². The van der Waals surface area contributed by atoms with Gasteiger partial charge >= 0.3 is 0 Å². The van der Waals surface area contributed by atoms with Crippen LogP contribution in [-0.2, 0) is 10.2 Å². The highest BCUT2D eigenvalue weighted by Crippen LogP contribution is 2.34. The summed E-state index contributed by atoms with van der Waals surface area (Å²) < 4.78 is 14.7. The molecule has 37 heavy (non-hydrogen) atoms. The lowest BCUT2D eigenvalue weighted by molar-refractivity contribution is -0.114. The molecule has 3 N–H and O–H groups in total. The molecule has 0 atom stereocenters. The molecule has 0 aliphatic carbocycles. The number of benzene rings is 2. The van der Waals surface area contributed by atoms with E-state index in [1.165, 1.54) is 25.3 Å². The first-order valence-electron chi connectivity index (χ1n) is 10.7. The van der Waals surface area contributed by atoms with E-state index < -0.39 is 17.1 Å². The standard InChI is InChI=1S/C24H18Cl2FN7O2S/c1-11(35)30-23-33-18-9-29-22(34-21(18)37-23)32-16-8-17(15(27)7-14(16)25)31-20(36)12-5-4-6-13(19(12)26)24(2,3)10-28/h4-9H,1-3H3,(H,31,36)(H,29,32,34)(H,30,33,35). The number of hydrogen-bond acceptors (Lipinski definition) is 8. The monoisotopic (exact) mass is 557 g/mol. The predicted molar refractivity (Wildman–Crippen MR) is 142 cm³/mol. The number of nitrogens with zero attached hydrogens (tertiary/aromatic N) is 4. The van der Waals surface area contributed by atoms with Gasteiger partial charge in [-0.2, -0.15) is 10.2 Å². The maximum Gasteiger partial charge on any atom is 0.257 e. The number of hydrogen-bond donors (Lipinski definition) is 3. The Morgan fingerprint density at radius 1 is 1.14 bits per heavy atom. The van der Waals surface area contributed by atoms with Crippen molar-refractivity contribution in [2.75, 3.05) is 16.0 Å². The van der Waals surface area contributed by atoms with Crippen LogP contribution in [0.5, 0.6) is 0 Å². The summed E-state index contributed by atoms with van der Waals surface area (Å²) in [7, 11) is 0. The number of fused-ring (bicyclic) bond motifs is 1. The molecule has 2 amide bonds. The third kappa shape index (κ3) is 5.61. The first-order valence-corrected chi connectivity index (χ1v) is 12.2. The summed E-state index contributed by atoms with van der Waals surface area (Å²) in [6.45, 7) is 4.73. The molecule has 2 aromatic heterocycles. The lowest BCUT2D eigenvalue weighted by atomic mass is 9.85. The van der Waals surface area contributed by atoms with Crippen LogP contribution in [0.1, 0.15) is 36.7 Å². The third-order valence-electron chi connectivity index (χ3n) is 5.18. The van der Waals surface area contributed by atoms with Gasteiger partial charge in [0.05, 0.1) is 44.7 Å². The highest BCUT2D eigenvalue weighted by atomic mass is 35.5. The minimum atomic E-state index is -0.932. The second kappa shape index (κ2) is 10.3. The Kier molecular flexibility index (Phi) is 7.27. The Morgan fingerprint density at radius 3 is 2.59 bits per heavy atom. The molecule has 0 spiro atoms. The number of halogens is 3. The number of carbonyl (C=O) groups excluding carboxylic acids is 2. The Hall–Kier alpha value is -3.85. The van der Waals surface area contributed by atoms with Gasteiger partial charge in [0, 0.05) is 6.92 Å². The maximum absolute atomic E-state index is 14.7. The number of amides is 2. The average Bonchev–Trinajstić information content (AvgIpc) is 3.22. The van der Waals surface area contributed by atoms with Gasteiger partial charge in [0.15, 0.2) is 9.96 Å². The van der Waals surface area contributed by atoms with Crippen LogP contribution in [-0.4, -0.2) is 26.8 Å². The van der Waals surface area contributed by atoms with Crippen LogP contribution in [0.15, 0.2) is 36.5 Å². The van der Waals surface area contributed by atoms with Gasteiger partial charge in [-0.1, -0.05) is 46.7 Å². The van der Waals surface area contributed by atoms with Gasteiger partial charge in [-0.05, 0) is 37.6 Å². The van der Waals surface area contributed by atoms with Crippen molar-refractivity contribution >= 4 is 79.2 Å². The largest absolute Gasteiger partial charge is 0.323 e. The second-order valence-electron chi connectivity index (χ2n) is 8.38. The van der Waals surface area contributed by atoms with E-state index in [0.29, 0.717) is 21.0 Å². The maximum atomic E-state index is 14.7. The summed E-state index contributed by atoms with van der Waals surface area (Å²) in [5, 5.41) is 17.9. The summed E-state index contributed by atoms with van der Waals surface area (Å²) >= 11 is 13.8. The number of anilines is 4. The van der Waals surface area contributed by atoms with Crippen LogP contribution in [0.3, 0.4) is 0 Å². The molecule has 4 aromatic rings. The molecule has 2 aromatic carbocycles. The number of thiazole rings is 1. The smallest absolute Gasteiger partial charge is 0.257 e. The van der Waals surface area contributed by atoms with E-state index in [1.807, 2.05) is 0 Å². The molecule has 0 fully saturated rings. The first-order chi connectivity index (χ1) is 17.5. The van der Waals surface area contributed by atoms with Crippen molar-refractivity contribution in [3.8, 4) is 6.07 Å². The van der Waals surface area contributed by atoms with Crippen LogP contribution in [0.4, 0.5) is 26.8 Å². The Bertz CT molecular complexity index is 1600. The molecule has 4 rings (SSSR count). The van der Waals surface area contributed by atoms with Gasteiger partial charge in [-0.3, -0.25) is 9.59 Å². The summed E-state index contributed by atoms with van der Waals surface area (Å²) in [6.07, 6.45) is 1.46. The lowest BCUT2D eigenvalue weighted by Crippen LogP contribution is -2.19. The van der Waals surface area contributed by atoms with Gasteiger partial charge in [0.1, 0.15) is 11.3 Å². The summed E-state index contributed by atoms with van der Waals surface area (Å²) in [5.41, 5.74) is 0.175. The van der Waals surface area contributed by atoms with E-state index in [2.05, 4.69) is 37.0 Å². The molecule has 0 aliphatic rings. The zero-order chi connectivity index (χ0) is 26.9. The zero-order valence-electron chi connectivity index (χ0n) is 19.6. The van der Waals surface area contributed by atoms with Crippen LogP contribution in [0.25, 0.3) is 10.3 Å². The normalized spacial score (nSPS) is 11.2. The van der Waals surface area contributed by atoms with E-state index >= 15 is 0 Å². The van der Waals surface area contributed by atoms with E-state index in [9.17, 15) is 19.2 Å². The van der Waals surface area contributed by atoms with Crippen molar-refractivity contribution in [2.24, 2.45) is 0 Å². The molecule has 0 aliphatic heterocycles. The number of rotatable bonds is 6. The fraction of sp³-hybridized carbons (Fsp3) is 0.167. The number of aromatic nitrogens is 3. The lowest BCUT2D eigenvalue weighted by Gasteiger charge is -2.19. The summed E-state index contributed by atoms with van der Waals surface area (Å²) in [4.78, 5) is 37.5. The molecule has 0 unspecified atom stereocenters. The molecule has 2 heterocycles.